The minimum atomic E-state index is -0.338. The van der Waals surface area contributed by atoms with Crippen molar-refractivity contribution in [2.24, 2.45) is 0 Å². The predicted molar refractivity (Wildman–Crippen MR) is 128 cm³/mol. The average molecular weight is 450 g/mol. The van der Waals surface area contributed by atoms with Gasteiger partial charge in [-0.3, -0.25) is 4.79 Å². The van der Waals surface area contributed by atoms with Crippen LogP contribution in [0, 0.1) is 13.8 Å². The Labute approximate surface area is 194 Å². The molecule has 1 aromatic heterocycles. The Morgan fingerprint density at radius 1 is 0.909 bits per heavy atom. The number of carbonyl (C=O) groups is 2. The smallest absolute Gasteiger partial charge is 0.322 e. The molecule has 3 rings (SSSR count). The molecule has 0 saturated carbocycles. The van der Waals surface area contributed by atoms with Crippen LogP contribution in [0.25, 0.3) is 0 Å². The van der Waals surface area contributed by atoms with Crippen molar-refractivity contribution in [3.8, 4) is 0 Å². The van der Waals surface area contributed by atoms with Crippen molar-refractivity contribution >= 4 is 17.6 Å². The molecule has 3 aromatic rings. The van der Waals surface area contributed by atoms with E-state index in [1.54, 1.807) is 24.3 Å². The van der Waals surface area contributed by atoms with Crippen molar-refractivity contribution in [3.63, 3.8) is 0 Å². The van der Waals surface area contributed by atoms with E-state index in [2.05, 4.69) is 5.32 Å². The number of urea groups is 1. The van der Waals surface area contributed by atoms with Crippen LogP contribution in [0.3, 0.4) is 0 Å². The summed E-state index contributed by atoms with van der Waals surface area (Å²) in [6.07, 6.45) is 1.59. The number of para-hydroxylation sites is 1. The van der Waals surface area contributed by atoms with Gasteiger partial charge in [-0.1, -0.05) is 48.5 Å². The van der Waals surface area contributed by atoms with Crippen LogP contribution < -0.4 is 5.32 Å². The van der Waals surface area contributed by atoms with Gasteiger partial charge in [-0.15, -0.1) is 0 Å². The number of methoxy groups -OCH3 is 1. The van der Waals surface area contributed by atoms with Gasteiger partial charge >= 0.3 is 6.03 Å². The Kier molecular flexibility index (Phi) is 8.66. The number of benzene rings is 2. The summed E-state index contributed by atoms with van der Waals surface area (Å²) in [7, 11) is 1.57. The Hall–Kier alpha value is -3.58. The normalized spacial score (nSPS) is 10.6. The number of hydrogen-bond acceptors (Lipinski definition) is 4. The number of carbonyl (C=O) groups excluding carboxylic acids is 2. The van der Waals surface area contributed by atoms with Crippen molar-refractivity contribution in [2.75, 3.05) is 32.1 Å². The molecule has 1 N–H and O–H groups in total. The number of aryl methyl sites for hydroxylation is 2. The lowest BCUT2D eigenvalue weighted by molar-refractivity contribution is -0.133. The van der Waals surface area contributed by atoms with Crippen molar-refractivity contribution in [3.05, 3.63) is 89.4 Å². The first-order valence-electron chi connectivity index (χ1n) is 10.9. The molecule has 0 fully saturated rings. The molecule has 33 heavy (non-hydrogen) atoms. The minimum absolute atomic E-state index is 0.0757. The summed E-state index contributed by atoms with van der Waals surface area (Å²) in [4.78, 5) is 29.7. The molecule has 0 aliphatic rings. The van der Waals surface area contributed by atoms with Gasteiger partial charge in [-0.2, -0.15) is 0 Å². The van der Waals surface area contributed by atoms with Gasteiger partial charge in [0.25, 0.3) is 0 Å². The molecular weight excluding hydrogens is 418 g/mol. The minimum Gasteiger partial charge on any atom is -0.467 e. The van der Waals surface area contributed by atoms with Crippen LogP contribution >= 0.6 is 0 Å². The first kappa shape index (κ1) is 24.1. The summed E-state index contributed by atoms with van der Waals surface area (Å²) in [5.41, 5.74) is 3.68. The van der Waals surface area contributed by atoms with E-state index in [1.165, 1.54) is 4.90 Å². The first-order chi connectivity index (χ1) is 16.0. The summed E-state index contributed by atoms with van der Waals surface area (Å²) in [5.74, 6) is 0.505. The Balaban J connectivity index is 1.76. The molecule has 174 valence electrons. The van der Waals surface area contributed by atoms with Crippen LogP contribution in [0.1, 0.15) is 22.5 Å². The van der Waals surface area contributed by atoms with E-state index >= 15 is 0 Å². The molecule has 0 atom stereocenters. The zero-order valence-corrected chi connectivity index (χ0v) is 19.4. The van der Waals surface area contributed by atoms with E-state index in [1.807, 2.05) is 68.4 Å². The first-order valence-corrected chi connectivity index (χ1v) is 10.9. The van der Waals surface area contributed by atoms with E-state index in [0.29, 0.717) is 32.0 Å². The molecule has 0 unspecified atom stereocenters. The average Bonchev–Trinajstić information content (AvgIpc) is 3.32. The van der Waals surface area contributed by atoms with E-state index in [0.717, 1.165) is 22.4 Å². The summed E-state index contributed by atoms with van der Waals surface area (Å²) < 4.78 is 10.6. The van der Waals surface area contributed by atoms with Crippen LogP contribution in [0.2, 0.25) is 0 Å². The third-order valence-electron chi connectivity index (χ3n) is 5.39. The third-order valence-corrected chi connectivity index (χ3v) is 5.39. The van der Waals surface area contributed by atoms with Gasteiger partial charge in [0.2, 0.25) is 5.91 Å². The zero-order valence-electron chi connectivity index (χ0n) is 19.4. The molecule has 0 bridgehead atoms. The van der Waals surface area contributed by atoms with Gasteiger partial charge in [0.05, 0.1) is 19.4 Å². The number of amides is 3. The number of ether oxygens (including phenoxy) is 1. The maximum absolute atomic E-state index is 13.4. The zero-order chi connectivity index (χ0) is 23.6. The Bertz CT molecular complexity index is 1010. The van der Waals surface area contributed by atoms with Crippen molar-refractivity contribution in [1.82, 2.24) is 9.80 Å². The fraction of sp³-hybridized carbons (Fsp3) is 0.308. The van der Waals surface area contributed by atoms with E-state index in [4.69, 9.17) is 9.15 Å². The number of nitrogens with one attached hydrogen (secondary N) is 1. The molecule has 7 heteroatoms. The van der Waals surface area contributed by atoms with E-state index in [9.17, 15) is 9.59 Å². The standard InChI is InChI=1S/C26H31N3O4/c1-20-9-7-10-21(2)25(20)27-26(31)28(14-16-32-3)19-24(30)29(18-23-13-8-15-33-23)17-22-11-5-4-6-12-22/h4-13,15H,14,16-19H2,1-3H3,(H,27,31). The van der Waals surface area contributed by atoms with Gasteiger partial charge in [-0.25, -0.2) is 4.79 Å². The van der Waals surface area contributed by atoms with Crippen molar-refractivity contribution in [1.29, 1.82) is 0 Å². The highest BCUT2D eigenvalue weighted by Gasteiger charge is 2.23. The number of rotatable bonds is 10. The van der Waals surface area contributed by atoms with Crippen LogP contribution in [-0.4, -0.2) is 48.5 Å². The number of anilines is 1. The SMILES string of the molecule is COCCN(CC(=O)N(Cc1ccccc1)Cc1ccco1)C(=O)Nc1c(C)cccc1C. The maximum Gasteiger partial charge on any atom is 0.322 e. The van der Waals surface area contributed by atoms with Gasteiger partial charge in [0.1, 0.15) is 12.3 Å². The predicted octanol–water partition coefficient (Wildman–Crippen LogP) is 4.61. The molecule has 3 amide bonds. The van der Waals surface area contributed by atoms with Gasteiger partial charge in [0, 0.05) is 25.9 Å². The van der Waals surface area contributed by atoms with Crippen LogP contribution in [-0.2, 0) is 22.6 Å². The summed E-state index contributed by atoms with van der Waals surface area (Å²) in [6, 6.07) is 18.9. The fourth-order valence-corrected chi connectivity index (χ4v) is 3.54. The fourth-order valence-electron chi connectivity index (χ4n) is 3.54. The lowest BCUT2D eigenvalue weighted by Gasteiger charge is -2.28. The van der Waals surface area contributed by atoms with Crippen LogP contribution in [0.5, 0.6) is 0 Å². The number of hydrogen-bond donors (Lipinski definition) is 1. The van der Waals surface area contributed by atoms with Crippen LogP contribution in [0.4, 0.5) is 10.5 Å². The number of furan rings is 1. The summed E-state index contributed by atoms with van der Waals surface area (Å²) >= 11 is 0. The molecule has 1 heterocycles. The molecule has 0 spiro atoms. The Morgan fingerprint density at radius 2 is 1.64 bits per heavy atom. The van der Waals surface area contributed by atoms with Gasteiger partial charge in [0.15, 0.2) is 0 Å². The lowest BCUT2D eigenvalue weighted by Crippen LogP contribution is -2.45. The molecule has 7 nitrogen and oxygen atoms in total. The van der Waals surface area contributed by atoms with E-state index < -0.39 is 0 Å². The Morgan fingerprint density at radius 3 is 2.27 bits per heavy atom. The summed E-state index contributed by atoms with van der Waals surface area (Å²) in [6.45, 7) is 5.15. The van der Waals surface area contributed by atoms with E-state index in [-0.39, 0.29) is 18.5 Å². The maximum atomic E-state index is 13.4. The van der Waals surface area contributed by atoms with Crippen molar-refractivity contribution < 1.29 is 18.7 Å². The second-order valence-electron chi connectivity index (χ2n) is 7.93. The molecular formula is C26H31N3O4. The number of nitrogens with zero attached hydrogens (tertiary/aromatic N) is 2. The second-order valence-corrected chi connectivity index (χ2v) is 7.93. The lowest BCUT2D eigenvalue weighted by atomic mass is 10.1. The van der Waals surface area contributed by atoms with Crippen LogP contribution in [0.15, 0.2) is 71.3 Å². The highest BCUT2D eigenvalue weighted by Crippen LogP contribution is 2.20. The quantitative estimate of drug-likeness (QED) is 0.491. The topological polar surface area (TPSA) is 75.0 Å². The van der Waals surface area contributed by atoms with Gasteiger partial charge in [-0.05, 0) is 42.7 Å². The third kappa shape index (κ3) is 6.95. The highest BCUT2D eigenvalue weighted by atomic mass is 16.5. The molecule has 0 aliphatic carbocycles. The highest BCUT2D eigenvalue weighted by molar-refractivity contribution is 5.93. The van der Waals surface area contributed by atoms with Crippen molar-refractivity contribution in [2.45, 2.75) is 26.9 Å². The second kappa shape index (κ2) is 11.9. The summed E-state index contributed by atoms with van der Waals surface area (Å²) in [5, 5.41) is 2.97. The molecule has 0 radical (unpaired) electrons. The molecule has 0 saturated heterocycles. The van der Waals surface area contributed by atoms with Gasteiger partial charge < -0.3 is 24.3 Å². The monoisotopic (exact) mass is 449 g/mol. The largest absolute Gasteiger partial charge is 0.467 e. The molecule has 2 aromatic carbocycles. The molecule has 0 aliphatic heterocycles.